The molecule has 1 unspecified atom stereocenters. The van der Waals surface area contributed by atoms with Crippen LogP contribution in [-0.2, 0) is 9.59 Å². The quantitative estimate of drug-likeness (QED) is 0.869. The second-order valence-electron chi connectivity index (χ2n) is 4.73. The van der Waals surface area contributed by atoms with Crippen LogP contribution in [0.2, 0.25) is 0 Å². The average molecular weight is 325 g/mol. The molecule has 0 aromatic heterocycles. The van der Waals surface area contributed by atoms with Crippen molar-refractivity contribution >= 4 is 33.9 Å². The summed E-state index contributed by atoms with van der Waals surface area (Å²) in [5, 5.41) is 2.85. The number of amides is 2. The van der Waals surface area contributed by atoms with E-state index in [1.165, 1.54) is 0 Å². The molecular formula is C14H17BrN2O2. The van der Waals surface area contributed by atoms with Crippen molar-refractivity contribution in [2.45, 2.75) is 38.8 Å². The number of nitrogens with zero attached hydrogens (tertiary/aromatic N) is 1. The van der Waals surface area contributed by atoms with E-state index in [-0.39, 0.29) is 18.0 Å². The van der Waals surface area contributed by atoms with Gasteiger partial charge in [-0.05, 0) is 36.6 Å². The Morgan fingerprint density at radius 2 is 2.32 bits per heavy atom. The van der Waals surface area contributed by atoms with Crippen LogP contribution in [0.25, 0.3) is 0 Å². The fourth-order valence-electron chi connectivity index (χ4n) is 2.74. The predicted octanol–water partition coefficient (Wildman–Crippen LogP) is 2.77. The molecule has 0 radical (unpaired) electrons. The highest BCUT2D eigenvalue weighted by Gasteiger charge is 2.33. The predicted molar refractivity (Wildman–Crippen MR) is 77.9 cm³/mol. The Balaban J connectivity index is 2.52. The first kappa shape index (κ1) is 14.1. The minimum Gasteiger partial charge on any atom is -0.352 e. The van der Waals surface area contributed by atoms with Crippen molar-refractivity contribution in [1.29, 1.82) is 0 Å². The third-order valence-electron chi connectivity index (χ3n) is 3.58. The number of benzene rings is 1. The summed E-state index contributed by atoms with van der Waals surface area (Å²) in [6.45, 7) is 3.64. The molecular weight excluding hydrogens is 308 g/mol. The summed E-state index contributed by atoms with van der Waals surface area (Å²) in [4.78, 5) is 24.5. The lowest BCUT2D eigenvalue weighted by atomic mass is 9.90. The molecule has 4 nitrogen and oxygen atoms in total. The molecule has 0 saturated carbocycles. The van der Waals surface area contributed by atoms with Crippen LogP contribution in [0.5, 0.6) is 0 Å². The van der Waals surface area contributed by atoms with Gasteiger partial charge < -0.3 is 10.2 Å². The summed E-state index contributed by atoms with van der Waals surface area (Å²) in [5.74, 6) is 0.0416. The smallest absolute Gasteiger partial charge is 0.224 e. The Kier molecular flexibility index (Phi) is 4.24. The van der Waals surface area contributed by atoms with Gasteiger partial charge in [0, 0.05) is 23.1 Å². The minimum atomic E-state index is -0.0365. The zero-order valence-electron chi connectivity index (χ0n) is 11.0. The van der Waals surface area contributed by atoms with E-state index < -0.39 is 0 Å². The summed E-state index contributed by atoms with van der Waals surface area (Å²) in [5.41, 5.74) is 1.88. The molecule has 2 amide bonds. The van der Waals surface area contributed by atoms with E-state index >= 15 is 0 Å². The van der Waals surface area contributed by atoms with Crippen LogP contribution in [0.15, 0.2) is 22.7 Å². The van der Waals surface area contributed by atoms with Crippen LogP contribution < -0.4 is 10.2 Å². The highest BCUT2D eigenvalue weighted by Crippen LogP contribution is 2.39. The maximum Gasteiger partial charge on any atom is 0.224 e. The molecule has 102 valence electrons. The minimum absolute atomic E-state index is 0.0365. The maximum atomic E-state index is 11.9. The Morgan fingerprint density at radius 3 is 2.89 bits per heavy atom. The number of carbonyl (C=O) groups excluding carboxylic acids is 2. The van der Waals surface area contributed by atoms with Crippen molar-refractivity contribution in [3.05, 3.63) is 28.2 Å². The number of fused-ring (bicyclic) bond motifs is 1. The number of carbonyl (C=O) groups is 2. The van der Waals surface area contributed by atoms with Gasteiger partial charge in [0.05, 0.1) is 6.04 Å². The lowest BCUT2D eigenvalue weighted by Gasteiger charge is -2.40. The molecule has 1 aromatic rings. The van der Waals surface area contributed by atoms with E-state index in [4.69, 9.17) is 0 Å². The molecule has 0 spiro atoms. The molecule has 1 heterocycles. The molecule has 19 heavy (non-hydrogen) atoms. The summed E-state index contributed by atoms with van der Waals surface area (Å²) < 4.78 is 0.947. The number of anilines is 1. The zero-order chi connectivity index (χ0) is 14.0. The molecule has 0 aliphatic carbocycles. The SMILES string of the molecule is CCC1C[C@H](NC=O)c2cc(Br)ccc2N1C(C)=O. The topological polar surface area (TPSA) is 49.4 Å². The van der Waals surface area contributed by atoms with Gasteiger partial charge >= 0.3 is 0 Å². The molecule has 1 aliphatic rings. The number of nitrogens with one attached hydrogen (secondary N) is 1. The van der Waals surface area contributed by atoms with Crippen LogP contribution >= 0.6 is 15.9 Å². The summed E-state index contributed by atoms with van der Waals surface area (Å²) in [6.07, 6.45) is 2.34. The van der Waals surface area contributed by atoms with Gasteiger partial charge in [-0.3, -0.25) is 9.59 Å². The molecule has 1 aromatic carbocycles. The molecule has 0 bridgehead atoms. The molecule has 2 rings (SSSR count). The van der Waals surface area contributed by atoms with E-state index in [0.29, 0.717) is 0 Å². The Bertz CT molecular complexity index is 504. The number of hydrogen-bond acceptors (Lipinski definition) is 2. The normalized spacial score (nSPS) is 21.7. The Hall–Kier alpha value is -1.36. The summed E-state index contributed by atoms with van der Waals surface area (Å²) in [6, 6.07) is 5.92. The number of hydrogen-bond donors (Lipinski definition) is 1. The zero-order valence-corrected chi connectivity index (χ0v) is 12.6. The van der Waals surface area contributed by atoms with Crippen molar-refractivity contribution in [3.8, 4) is 0 Å². The number of rotatable bonds is 3. The largest absolute Gasteiger partial charge is 0.352 e. The fraction of sp³-hybridized carbons (Fsp3) is 0.429. The number of halogens is 1. The van der Waals surface area contributed by atoms with Gasteiger partial charge in [0.2, 0.25) is 12.3 Å². The van der Waals surface area contributed by atoms with Crippen molar-refractivity contribution in [3.63, 3.8) is 0 Å². The van der Waals surface area contributed by atoms with Gasteiger partial charge in [0.25, 0.3) is 0 Å². The molecule has 5 heteroatoms. The second kappa shape index (κ2) is 5.74. The van der Waals surface area contributed by atoms with Crippen molar-refractivity contribution < 1.29 is 9.59 Å². The van der Waals surface area contributed by atoms with E-state index in [1.807, 2.05) is 23.1 Å². The van der Waals surface area contributed by atoms with Crippen molar-refractivity contribution in [2.24, 2.45) is 0 Å². The summed E-state index contributed by atoms with van der Waals surface area (Å²) >= 11 is 3.44. The molecule has 1 N–H and O–H groups in total. The van der Waals surface area contributed by atoms with E-state index in [2.05, 4.69) is 28.2 Å². The van der Waals surface area contributed by atoms with Crippen LogP contribution in [0.3, 0.4) is 0 Å². The molecule has 1 aliphatic heterocycles. The average Bonchev–Trinajstić information content (AvgIpc) is 2.38. The first-order chi connectivity index (χ1) is 9.08. The Labute approximate surface area is 121 Å². The van der Waals surface area contributed by atoms with Crippen molar-refractivity contribution in [1.82, 2.24) is 5.32 Å². The third-order valence-corrected chi connectivity index (χ3v) is 4.07. The maximum absolute atomic E-state index is 11.9. The molecule has 0 saturated heterocycles. The van der Waals surface area contributed by atoms with E-state index in [9.17, 15) is 9.59 Å². The van der Waals surface area contributed by atoms with Gasteiger partial charge in [-0.1, -0.05) is 22.9 Å². The first-order valence-electron chi connectivity index (χ1n) is 6.37. The summed E-state index contributed by atoms with van der Waals surface area (Å²) in [7, 11) is 0. The van der Waals surface area contributed by atoms with Crippen LogP contribution in [0, 0.1) is 0 Å². The van der Waals surface area contributed by atoms with Gasteiger partial charge in [-0.15, -0.1) is 0 Å². The van der Waals surface area contributed by atoms with Crippen LogP contribution in [0.1, 0.15) is 38.3 Å². The molecule has 2 atom stereocenters. The van der Waals surface area contributed by atoms with Crippen molar-refractivity contribution in [2.75, 3.05) is 4.90 Å². The lowest BCUT2D eigenvalue weighted by Crippen LogP contribution is -2.45. The highest BCUT2D eigenvalue weighted by atomic mass is 79.9. The lowest BCUT2D eigenvalue weighted by molar-refractivity contribution is -0.117. The third kappa shape index (κ3) is 2.66. The second-order valence-corrected chi connectivity index (χ2v) is 5.64. The monoisotopic (exact) mass is 324 g/mol. The standard InChI is InChI=1S/C14H17BrN2O2/c1-3-11-7-13(16-8-18)12-6-10(15)4-5-14(12)17(11)9(2)19/h4-6,8,11,13H,3,7H2,1-2H3,(H,16,18)/t11?,13-/m0/s1. The first-order valence-corrected chi connectivity index (χ1v) is 7.16. The highest BCUT2D eigenvalue weighted by molar-refractivity contribution is 9.10. The van der Waals surface area contributed by atoms with Crippen LogP contribution in [-0.4, -0.2) is 18.4 Å². The van der Waals surface area contributed by atoms with E-state index in [0.717, 1.165) is 35.0 Å². The van der Waals surface area contributed by atoms with Gasteiger partial charge in [-0.2, -0.15) is 0 Å². The fourth-order valence-corrected chi connectivity index (χ4v) is 3.12. The van der Waals surface area contributed by atoms with E-state index in [1.54, 1.807) is 6.92 Å². The molecule has 0 fully saturated rings. The Morgan fingerprint density at radius 1 is 1.58 bits per heavy atom. The van der Waals surface area contributed by atoms with Crippen LogP contribution in [0.4, 0.5) is 5.69 Å². The van der Waals surface area contributed by atoms with Gasteiger partial charge in [0.1, 0.15) is 0 Å². The van der Waals surface area contributed by atoms with Gasteiger partial charge in [0.15, 0.2) is 0 Å². The van der Waals surface area contributed by atoms with Gasteiger partial charge in [-0.25, -0.2) is 0 Å².